The lowest BCUT2D eigenvalue weighted by atomic mass is 9.99. The number of methoxy groups -OCH3 is 1. The predicted octanol–water partition coefficient (Wildman–Crippen LogP) is -0.137. The number of carbonyl (C=O) groups is 2. The van der Waals surface area contributed by atoms with Gasteiger partial charge in [0.25, 0.3) is 0 Å². The summed E-state index contributed by atoms with van der Waals surface area (Å²) in [5, 5.41) is 3.19. The average molecular weight is 216 g/mol. The number of nitrogens with one attached hydrogen (secondary N) is 1. The number of amides is 1. The Hall–Kier alpha value is -1.10. The molecule has 5 heteroatoms. The van der Waals surface area contributed by atoms with E-state index in [-0.39, 0.29) is 11.9 Å². The van der Waals surface area contributed by atoms with Crippen LogP contribution in [0.3, 0.4) is 0 Å². The van der Waals surface area contributed by atoms with Crippen molar-refractivity contribution in [2.45, 2.75) is 12.8 Å². The fourth-order valence-corrected chi connectivity index (χ4v) is 1.22. The molecule has 5 nitrogen and oxygen atoms in total. The van der Waals surface area contributed by atoms with Gasteiger partial charge in [-0.25, -0.2) is 0 Å². The first-order chi connectivity index (χ1) is 7.11. The summed E-state index contributed by atoms with van der Waals surface area (Å²) in [5.41, 5.74) is 0. The molecule has 1 N–H and O–H groups in total. The van der Waals surface area contributed by atoms with Gasteiger partial charge in [0.1, 0.15) is 0 Å². The summed E-state index contributed by atoms with van der Waals surface area (Å²) in [4.78, 5) is 21.8. The van der Waals surface area contributed by atoms with Crippen LogP contribution in [0.2, 0.25) is 0 Å². The summed E-state index contributed by atoms with van der Waals surface area (Å²) in [5.74, 6) is 0.0905. The van der Waals surface area contributed by atoms with Gasteiger partial charge < -0.3 is 15.0 Å². The Kier molecular flexibility index (Phi) is 7.62. The fourth-order valence-electron chi connectivity index (χ4n) is 1.22. The number of esters is 1. The van der Waals surface area contributed by atoms with Crippen molar-refractivity contribution in [2.75, 3.05) is 34.3 Å². The van der Waals surface area contributed by atoms with Gasteiger partial charge in [0.05, 0.1) is 13.0 Å². The molecule has 0 aliphatic carbocycles. The van der Waals surface area contributed by atoms with Crippen LogP contribution in [0.25, 0.3) is 0 Å². The number of nitrogens with zero attached hydrogens (tertiary/aromatic N) is 1. The summed E-state index contributed by atoms with van der Waals surface area (Å²) in [6, 6.07) is 0. The van der Waals surface area contributed by atoms with Gasteiger partial charge in [-0.05, 0) is 25.9 Å². The van der Waals surface area contributed by atoms with E-state index >= 15 is 0 Å². The van der Waals surface area contributed by atoms with E-state index < -0.39 is 0 Å². The van der Waals surface area contributed by atoms with E-state index in [1.165, 1.54) is 12.0 Å². The third kappa shape index (κ3) is 6.90. The minimum atomic E-state index is -0.0542. The molecule has 1 aliphatic rings. The first kappa shape index (κ1) is 13.9. The molecule has 1 rings (SSSR count). The van der Waals surface area contributed by atoms with Crippen LogP contribution in [0, 0.1) is 5.92 Å². The molecular formula is C10H20N2O3. The molecule has 1 heterocycles. The standard InChI is InChI=1S/C7H13NO2.C3H7NO/c1-10-7(9)6-2-4-8-5-3-6;1-4(2)3-5/h6,8H,2-5H2,1H3;3H,1-2H3. The molecule has 0 bridgehead atoms. The molecule has 15 heavy (non-hydrogen) atoms. The fraction of sp³-hybridized carbons (Fsp3) is 0.800. The third-order valence-corrected chi connectivity index (χ3v) is 2.08. The van der Waals surface area contributed by atoms with Crippen LogP contribution in [0.1, 0.15) is 12.8 Å². The highest BCUT2D eigenvalue weighted by atomic mass is 16.5. The Labute approximate surface area is 90.8 Å². The van der Waals surface area contributed by atoms with E-state index in [9.17, 15) is 9.59 Å². The Morgan fingerprint density at radius 3 is 2.20 bits per heavy atom. The molecule has 1 fully saturated rings. The van der Waals surface area contributed by atoms with Crippen LogP contribution in [0.4, 0.5) is 0 Å². The summed E-state index contributed by atoms with van der Waals surface area (Å²) in [7, 11) is 4.82. The smallest absolute Gasteiger partial charge is 0.308 e. The lowest BCUT2D eigenvalue weighted by molar-refractivity contribution is -0.146. The van der Waals surface area contributed by atoms with E-state index in [1.54, 1.807) is 14.1 Å². The highest BCUT2D eigenvalue weighted by Crippen LogP contribution is 2.12. The maximum atomic E-state index is 10.9. The van der Waals surface area contributed by atoms with Gasteiger partial charge in [-0.3, -0.25) is 9.59 Å². The lowest BCUT2D eigenvalue weighted by Crippen LogP contribution is -2.32. The van der Waals surface area contributed by atoms with Crippen LogP contribution in [0.15, 0.2) is 0 Å². The van der Waals surface area contributed by atoms with Crippen molar-refractivity contribution in [2.24, 2.45) is 5.92 Å². The van der Waals surface area contributed by atoms with Crippen molar-refractivity contribution < 1.29 is 14.3 Å². The van der Waals surface area contributed by atoms with Gasteiger partial charge in [-0.2, -0.15) is 0 Å². The molecule has 1 saturated heterocycles. The Bertz CT molecular complexity index is 189. The van der Waals surface area contributed by atoms with Gasteiger partial charge >= 0.3 is 5.97 Å². The lowest BCUT2D eigenvalue weighted by Gasteiger charge is -2.19. The molecule has 0 spiro atoms. The summed E-state index contributed by atoms with van der Waals surface area (Å²) in [6.07, 6.45) is 2.60. The molecule has 0 radical (unpaired) electrons. The second kappa shape index (κ2) is 8.23. The highest BCUT2D eigenvalue weighted by molar-refractivity contribution is 5.72. The third-order valence-electron chi connectivity index (χ3n) is 2.08. The molecule has 0 aromatic carbocycles. The van der Waals surface area contributed by atoms with E-state index in [2.05, 4.69) is 10.1 Å². The molecule has 1 amide bonds. The Morgan fingerprint density at radius 1 is 1.40 bits per heavy atom. The first-order valence-corrected chi connectivity index (χ1v) is 5.02. The van der Waals surface area contributed by atoms with Gasteiger partial charge in [0, 0.05) is 14.1 Å². The van der Waals surface area contributed by atoms with Gasteiger partial charge in [0.15, 0.2) is 0 Å². The topological polar surface area (TPSA) is 58.6 Å². The van der Waals surface area contributed by atoms with Crippen molar-refractivity contribution >= 4 is 12.4 Å². The zero-order chi connectivity index (χ0) is 11.7. The second-order valence-corrected chi connectivity index (χ2v) is 3.62. The normalized spacial score (nSPS) is 15.9. The molecule has 0 unspecified atom stereocenters. The molecule has 0 aromatic rings. The quantitative estimate of drug-likeness (QED) is 0.516. The van der Waals surface area contributed by atoms with Crippen molar-refractivity contribution in [1.82, 2.24) is 10.2 Å². The molecule has 0 aromatic heterocycles. The van der Waals surface area contributed by atoms with E-state index in [0.29, 0.717) is 0 Å². The minimum Gasteiger partial charge on any atom is -0.469 e. The summed E-state index contributed by atoms with van der Waals surface area (Å²) in [6.45, 7) is 1.89. The van der Waals surface area contributed by atoms with E-state index in [0.717, 1.165) is 32.3 Å². The SMILES string of the molecule is CN(C)C=O.COC(=O)C1CCNCC1. The monoisotopic (exact) mass is 216 g/mol. The van der Waals surface area contributed by atoms with Crippen LogP contribution >= 0.6 is 0 Å². The largest absolute Gasteiger partial charge is 0.469 e. The van der Waals surface area contributed by atoms with Gasteiger partial charge in [-0.1, -0.05) is 0 Å². The van der Waals surface area contributed by atoms with Crippen molar-refractivity contribution in [3.05, 3.63) is 0 Å². The number of hydrogen-bond donors (Lipinski definition) is 1. The zero-order valence-corrected chi connectivity index (χ0v) is 9.66. The number of piperidine rings is 1. The van der Waals surface area contributed by atoms with Crippen LogP contribution in [-0.4, -0.2) is 51.6 Å². The second-order valence-electron chi connectivity index (χ2n) is 3.62. The Morgan fingerprint density at radius 2 is 1.87 bits per heavy atom. The van der Waals surface area contributed by atoms with Crippen molar-refractivity contribution in [3.63, 3.8) is 0 Å². The number of rotatable bonds is 2. The van der Waals surface area contributed by atoms with Crippen LogP contribution < -0.4 is 5.32 Å². The molecule has 88 valence electrons. The molecule has 0 saturated carbocycles. The molecule has 1 aliphatic heterocycles. The van der Waals surface area contributed by atoms with Crippen LogP contribution in [0.5, 0.6) is 0 Å². The predicted molar refractivity (Wildman–Crippen MR) is 57.4 cm³/mol. The number of ether oxygens (including phenoxy) is 1. The van der Waals surface area contributed by atoms with E-state index in [1.807, 2.05) is 0 Å². The molecular weight excluding hydrogens is 196 g/mol. The number of carbonyl (C=O) groups excluding carboxylic acids is 2. The van der Waals surface area contributed by atoms with Crippen molar-refractivity contribution in [1.29, 1.82) is 0 Å². The zero-order valence-electron chi connectivity index (χ0n) is 9.66. The number of hydrogen-bond acceptors (Lipinski definition) is 4. The maximum Gasteiger partial charge on any atom is 0.308 e. The Balaban J connectivity index is 0.000000336. The minimum absolute atomic E-state index is 0.0542. The van der Waals surface area contributed by atoms with Gasteiger partial charge in [0.2, 0.25) is 6.41 Å². The van der Waals surface area contributed by atoms with E-state index in [4.69, 9.17) is 0 Å². The molecule has 0 atom stereocenters. The summed E-state index contributed by atoms with van der Waals surface area (Å²) >= 11 is 0. The maximum absolute atomic E-state index is 10.9. The van der Waals surface area contributed by atoms with Crippen LogP contribution in [-0.2, 0) is 14.3 Å². The first-order valence-electron chi connectivity index (χ1n) is 5.02. The van der Waals surface area contributed by atoms with Gasteiger partial charge in [-0.15, -0.1) is 0 Å². The van der Waals surface area contributed by atoms with Crippen molar-refractivity contribution in [3.8, 4) is 0 Å². The highest BCUT2D eigenvalue weighted by Gasteiger charge is 2.20. The summed E-state index contributed by atoms with van der Waals surface area (Å²) < 4.78 is 4.62. The average Bonchev–Trinajstić information content (AvgIpc) is 2.30.